The SMILES string of the molecule is COc1ccc([C@H](C)NC(=O)C2(C#N)CCCC2)cc1F. The minimum Gasteiger partial charge on any atom is -0.494 e. The first-order valence-electron chi connectivity index (χ1n) is 7.08. The Balaban J connectivity index is 2.11. The lowest BCUT2D eigenvalue weighted by Crippen LogP contribution is -2.39. The maximum atomic E-state index is 13.7. The zero-order valence-electron chi connectivity index (χ0n) is 12.3. The standard InChI is InChI=1S/C16H19FN2O2/c1-11(12-5-6-14(21-2)13(17)9-12)19-15(20)16(10-18)7-3-4-8-16/h5-6,9,11H,3-4,7-8H2,1-2H3,(H,19,20)/t11-/m0/s1. The van der Waals surface area contributed by atoms with Crippen LogP contribution in [0.5, 0.6) is 5.75 Å². The second-order valence-corrected chi connectivity index (χ2v) is 5.49. The number of nitrogens with one attached hydrogen (secondary N) is 1. The summed E-state index contributed by atoms with van der Waals surface area (Å²) in [5, 5.41) is 12.1. The fraction of sp³-hybridized carbons (Fsp3) is 0.500. The van der Waals surface area contributed by atoms with Crippen molar-refractivity contribution in [3.63, 3.8) is 0 Å². The molecule has 1 aromatic carbocycles. The summed E-state index contributed by atoms with van der Waals surface area (Å²) in [6.45, 7) is 1.78. The summed E-state index contributed by atoms with van der Waals surface area (Å²) in [5.41, 5.74) is -0.271. The zero-order valence-corrected chi connectivity index (χ0v) is 12.3. The van der Waals surface area contributed by atoms with Crippen LogP contribution in [0.3, 0.4) is 0 Å². The van der Waals surface area contributed by atoms with Crippen molar-refractivity contribution in [3.05, 3.63) is 29.6 Å². The number of carbonyl (C=O) groups excluding carboxylic acids is 1. The van der Waals surface area contributed by atoms with Crippen LogP contribution in [-0.2, 0) is 4.79 Å². The van der Waals surface area contributed by atoms with Gasteiger partial charge in [0.2, 0.25) is 5.91 Å². The van der Waals surface area contributed by atoms with Gasteiger partial charge in [-0.3, -0.25) is 4.79 Å². The Bertz CT molecular complexity index is 574. The van der Waals surface area contributed by atoms with Gasteiger partial charge in [-0.15, -0.1) is 0 Å². The average molecular weight is 290 g/mol. The Hall–Kier alpha value is -2.09. The molecule has 0 heterocycles. The van der Waals surface area contributed by atoms with Crippen LogP contribution in [0.4, 0.5) is 4.39 Å². The van der Waals surface area contributed by atoms with E-state index in [4.69, 9.17) is 4.74 Å². The predicted molar refractivity (Wildman–Crippen MR) is 76.0 cm³/mol. The third-order valence-electron chi connectivity index (χ3n) is 4.13. The molecule has 1 amide bonds. The molecule has 0 bridgehead atoms. The van der Waals surface area contributed by atoms with Crippen LogP contribution < -0.4 is 10.1 Å². The van der Waals surface area contributed by atoms with Crippen molar-refractivity contribution >= 4 is 5.91 Å². The number of amides is 1. The van der Waals surface area contributed by atoms with E-state index >= 15 is 0 Å². The highest BCUT2D eigenvalue weighted by Gasteiger charge is 2.41. The normalized spacial score (nSPS) is 17.8. The Morgan fingerprint density at radius 3 is 2.67 bits per heavy atom. The molecule has 1 N–H and O–H groups in total. The molecular weight excluding hydrogens is 271 g/mol. The van der Waals surface area contributed by atoms with Gasteiger partial charge in [-0.2, -0.15) is 5.26 Å². The molecule has 0 aromatic heterocycles. The summed E-state index contributed by atoms with van der Waals surface area (Å²) in [6.07, 6.45) is 2.98. The van der Waals surface area contributed by atoms with Crippen LogP contribution >= 0.6 is 0 Å². The first-order chi connectivity index (χ1) is 10.0. The van der Waals surface area contributed by atoms with Crippen LogP contribution in [0.1, 0.15) is 44.2 Å². The Labute approximate surface area is 123 Å². The summed E-state index contributed by atoms with van der Waals surface area (Å²) in [6, 6.07) is 6.38. The summed E-state index contributed by atoms with van der Waals surface area (Å²) in [4.78, 5) is 12.3. The van der Waals surface area contributed by atoms with E-state index in [-0.39, 0.29) is 17.7 Å². The van der Waals surface area contributed by atoms with E-state index in [0.29, 0.717) is 18.4 Å². The van der Waals surface area contributed by atoms with Crippen LogP contribution in [0, 0.1) is 22.6 Å². The Morgan fingerprint density at radius 1 is 1.48 bits per heavy atom. The van der Waals surface area contributed by atoms with Gasteiger partial charge in [0.25, 0.3) is 0 Å². The van der Waals surface area contributed by atoms with Crippen molar-refractivity contribution in [2.75, 3.05) is 7.11 Å². The number of benzene rings is 1. The number of methoxy groups -OCH3 is 1. The highest BCUT2D eigenvalue weighted by molar-refractivity contribution is 5.86. The monoisotopic (exact) mass is 290 g/mol. The van der Waals surface area contributed by atoms with E-state index in [1.54, 1.807) is 13.0 Å². The molecule has 1 atom stereocenters. The largest absolute Gasteiger partial charge is 0.494 e. The first kappa shape index (κ1) is 15.3. The molecule has 0 unspecified atom stereocenters. The number of hydrogen-bond acceptors (Lipinski definition) is 3. The van der Waals surface area contributed by atoms with Gasteiger partial charge < -0.3 is 10.1 Å². The second-order valence-electron chi connectivity index (χ2n) is 5.49. The minimum absolute atomic E-state index is 0.168. The molecular formula is C16H19FN2O2. The van der Waals surface area contributed by atoms with Crippen LogP contribution in [0.2, 0.25) is 0 Å². The van der Waals surface area contributed by atoms with Gasteiger partial charge in [-0.25, -0.2) is 4.39 Å². The number of hydrogen-bond donors (Lipinski definition) is 1. The molecule has 0 radical (unpaired) electrons. The molecule has 0 saturated heterocycles. The summed E-state index contributed by atoms with van der Waals surface area (Å²) < 4.78 is 18.6. The summed E-state index contributed by atoms with van der Waals surface area (Å²) in [5.74, 6) is -0.556. The predicted octanol–water partition coefficient (Wildman–Crippen LogP) is 3.10. The van der Waals surface area contributed by atoms with Gasteiger partial charge in [0.05, 0.1) is 19.2 Å². The third-order valence-corrected chi connectivity index (χ3v) is 4.13. The molecule has 2 rings (SSSR count). The Kier molecular flexibility index (Phi) is 4.46. The van der Waals surface area contributed by atoms with Crippen molar-refractivity contribution < 1.29 is 13.9 Å². The highest BCUT2D eigenvalue weighted by Crippen LogP contribution is 2.38. The first-order valence-corrected chi connectivity index (χ1v) is 7.08. The van der Waals surface area contributed by atoms with Crippen LogP contribution in [-0.4, -0.2) is 13.0 Å². The zero-order chi connectivity index (χ0) is 15.5. The molecule has 1 fully saturated rings. The number of ether oxygens (including phenoxy) is 1. The number of nitriles is 1. The summed E-state index contributed by atoms with van der Waals surface area (Å²) in [7, 11) is 1.40. The molecule has 0 aliphatic heterocycles. The van der Waals surface area contributed by atoms with Gasteiger partial charge in [-0.1, -0.05) is 18.9 Å². The van der Waals surface area contributed by atoms with Crippen molar-refractivity contribution in [1.29, 1.82) is 5.26 Å². The van der Waals surface area contributed by atoms with Crippen molar-refractivity contribution in [3.8, 4) is 11.8 Å². The fourth-order valence-electron chi connectivity index (χ4n) is 2.74. The number of carbonyl (C=O) groups is 1. The summed E-state index contributed by atoms with van der Waals surface area (Å²) >= 11 is 0. The fourth-order valence-corrected chi connectivity index (χ4v) is 2.74. The minimum atomic E-state index is -0.917. The lowest BCUT2D eigenvalue weighted by Gasteiger charge is -2.23. The van der Waals surface area contributed by atoms with Gasteiger partial charge in [0, 0.05) is 0 Å². The quantitative estimate of drug-likeness (QED) is 0.926. The van der Waals surface area contributed by atoms with E-state index in [0.717, 1.165) is 12.8 Å². The third kappa shape index (κ3) is 2.99. The number of halogens is 1. The van der Waals surface area contributed by atoms with E-state index in [1.807, 2.05) is 0 Å². The topological polar surface area (TPSA) is 62.1 Å². The maximum Gasteiger partial charge on any atom is 0.240 e. The van der Waals surface area contributed by atoms with Crippen molar-refractivity contribution in [2.24, 2.45) is 5.41 Å². The van der Waals surface area contributed by atoms with Gasteiger partial charge >= 0.3 is 0 Å². The average Bonchev–Trinajstić information content (AvgIpc) is 2.97. The lowest BCUT2D eigenvalue weighted by atomic mass is 9.86. The number of nitrogens with zero attached hydrogens (tertiary/aromatic N) is 1. The van der Waals surface area contributed by atoms with Crippen LogP contribution in [0.15, 0.2) is 18.2 Å². The van der Waals surface area contributed by atoms with Gasteiger partial charge in [0.15, 0.2) is 11.6 Å². The van der Waals surface area contributed by atoms with E-state index in [9.17, 15) is 14.4 Å². The number of rotatable bonds is 4. The molecule has 1 aliphatic rings. The highest BCUT2D eigenvalue weighted by atomic mass is 19.1. The molecule has 1 aromatic rings. The molecule has 4 nitrogen and oxygen atoms in total. The smallest absolute Gasteiger partial charge is 0.240 e. The van der Waals surface area contributed by atoms with E-state index < -0.39 is 11.2 Å². The van der Waals surface area contributed by atoms with Crippen molar-refractivity contribution in [1.82, 2.24) is 5.32 Å². The molecule has 1 saturated carbocycles. The molecule has 0 spiro atoms. The molecule has 21 heavy (non-hydrogen) atoms. The second kappa shape index (κ2) is 6.13. The molecule has 112 valence electrons. The molecule has 5 heteroatoms. The van der Waals surface area contributed by atoms with Crippen molar-refractivity contribution in [2.45, 2.75) is 38.6 Å². The van der Waals surface area contributed by atoms with Gasteiger partial charge in [0.1, 0.15) is 5.41 Å². The van der Waals surface area contributed by atoms with E-state index in [2.05, 4.69) is 11.4 Å². The molecule has 1 aliphatic carbocycles. The lowest BCUT2D eigenvalue weighted by molar-refractivity contribution is -0.128. The van der Waals surface area contributed by atoms with Gasteiger partial charge in [-0.05, 0) is 37.5 Å². The maximum absolute atomic E-state index is 13.7. The Morgan fingerprint density at radius 2 is 2.14 bits per heavy atom. The van der Waals surface area contributed by atoms with Crippen LogP contribution in [0.25, 0.3) is 0 Å². The van der Waals surface area contributed by atoms with E-state index in [1.165, 1.54) is 19.2 Å².